The first-order chi connectivity index (χ1) is 8.77. The minimum absolute atomic E-state index is 0.290. The van der Waals surface area contributed by atoms with Gasteiger partial charge in [0.15, 0.2) is 5.82 Å². The molecule has 7 heteroatoms. The van der Waals surface area contributed by atoms with Crippen molar-refractivity contribution in [3.05, 3.63) is 5.82 Å². The molecule has 0 aliphatic carbocycles. The van der Waals surface area contributed by atoms with Crippen molar-refractivity contribution in [2.75, 3.05) is 18.8 Å². The van der Waals surface area contributed by atoms with Crippen LogP contribution in [0.25, 0.3) is 0 Å². The second kappa shape index (κ2) is 6.72. The molecule has 0 atom stereocenters. The van der Waals surface area contributed by atoms with Gasteiger partial charge in [-0.15, -0.1) is 5.10 Å². The number of carbonyl (C=O) groups excluding carboxylic acids is 1. The fourth-order valence-electron chi connectivity index (χ4n) is 1.99. The first-order valence-electron chi connectivity index (χ1n) is 6.34. The normalized spacial score (nSPS) is 15.9. The van der Waals surface area contributed by atoms with E-state index in [0.717, 1.165) is 43.3 Å². The average molecular weight is 269 g/mol. The summed E-state index contributed by atoms with van der Waals surface area (Å²) >= 11 is 1.71. The van der Waals surface area contributed by atoms with Gasteiger partial charge in [0.1, 0.15) is 0 Å². The Balaban J connectivity index is 1.63. The van der Waals surface area contributed by atoms with Crippen LogP contribution in [0.4, 0.5) is 0 Å². The van der Waals surface area contributed by atoms with E-state index in [4.69, 9.17) is 0 Å². The number of aromatic nitrogens is 4. The molecule has 0 aromatic carbocycles. The van der Waals surface area contributed by atoms with E-state index in [2.05, 4.69) is 15.5 Å². The molecule has 18 heavy (non-hydrogen) atoms. The number of carbonyl (C=O) groups is 1. The number of hydrogen-bond donors (Lipinski definition) is 0. The van der Waals surface area contributed by atoms with Crippen LogP contribution in [-0.4, -0.2) is 49.9 Å². The van der Waals surface area contributed by atoms with Crippen LogP contribution < -0.4 is 0 Å². The lowest BCUT2D eigenvalue weighted by Crippen LogP contribution is -2.35. The van der Waals surface area contributed by atoms with Gasteiger partial charge < -0.3 is 4.90 Å². The van der Waals surface area contributed by atoms with Gasteiger partial charge in [-0.3, -0.25) is 4.79 Å². The summed E-state index contributed by atoms with van der Waals surface area (Å²) in [4.78, 5) is 13.9. The highest BCUT2D eigenvalue weighted by molar-refractivity contribution is 7.98. The standard InChI is InChI=1S/C11H19N5OS/c1-15-10(12-13-14-15)9-18-8-5-11(17)16-6-3-2-4-7-16/h2-9H2,1H3. The number of tetrazole rings is 1. The number of amides is 1. The van der Waals surface area contributed by atoms with Gasteiger partial charge in [0.2, 0.25) is 5.91 Å². The molecule has 1 aromatic rings. The van der Waals surface area contributed by atoms with Crippen LogP contribution in [-0.2, 0) is 17.6 Å². The molecule has 0 bridgehead atoms. The van der Waals surface area contributed by atoms with Crippen LogP contribution in [0.15, 0.2) is 0 Å². The van der Waals surface area contributed by atoms with Gasteiger partial charge in [0.05, 0.1) is 5.75 Å². The number of hydrogen-bond acceptors (Lipinski definition) is 5. The van der Waals surface area contributed by atoms with E-state index in [9.17, 15) is 4.79 Å². The number of rotatable bonds is 5. The molecular formula is C11H19N5OS. The second-order valence-electron chi connectivity index (χ2n) is 4.46. The molecule has 0 spiro atoms. The van der Waals surface area contributed by atoms with Gasteiger partial charge in [-0.25, -0.2) is 4.68 Å². The fourth-order valence-corrected chi connectivity index (χ4v) is 2.89. The van der Waals surface area contributed by atoms with Crippen molar-refractivity contribution in [3.63, 3.8) is 0 Å². The molecule has 0 N–H and O–H groups in total. The van der Waals surface area contributed by atoms with E-state index < -0.39 is 0 Å². The fraction of sp³-hybridized carbons (Fsp3) is 0.818. The Labute approximate surface area is 111 Å². The summed E-state index contributed by atoms with van der Waals surface area (Å²) in [5, 5.41) is 11.3. The highest BCUT2D eigenvalue weighted by Crippen LogP contribution is 2.13. The van der Waals surface area contributed by atoms with E-state index in [1.54, 1.807) is 16.4 Å². The Morgan fingerprint density at radius 2 is 2.11 bits per heavy atom. The maximum absolute atomic E-state index is 11.9. The molecule has 100 valence electrons. The average Bonchev–Trinajstić information content (AvgIpc) is 2.81. The van der Waals surface area contributed by atoms with Crippen molar-refractivity contribution in [1.82, 2.24) is 25.1 Å². The lowest BCUT2D eigenvalue weighted by molar-refractivity contribution is -0.131. The predicted octanol–water partition coefficient (Wildman–Crippen LogP) is 0.846. The first kappa shape index (κ1) is 13.3. The Bertz CT molecular complexity index is 389. The molecule has 2 heterocycles. The Morgan fingerprint density at radius 3 is 2.78 bits per heavy atom. The van der Waals surface area contributed by atoms with E-state index in [1.807, 2.05) is 11.9 Å². The van der Waals surface area contributed by atoms with Crippen LogP contribution in [0, 0.1) is 0 Å². The Kier molecular flexibility index (Phi) is 4.98. The molecule has 1 amide bonds. The van der Waals surface area contributed by atoms with Crippen LogP contribution >= 0.6 is 11.8 Å². The third kappa shape index (κ3) is 3.69. The van der Waals surface area contributed by atoms with Crippen molar-refractivity contribution in [3.8, 4) is 0 Å². The summed E-state index contributed by atoms with van der Waals surface area (Å²) in [5.74, 6) is 2.74. The highest BCUT2D eigenvalue weighted by atomic mass is 32.2. The first-order valence-corrected chi connectivity index (χ1v) is 7.49. The molecule has 0 saturated carbocycles. The minimum atomic E-state index is 0.290. The van der Waals surface area contributed by atoms with Crippen molar-refractivity contribution < 1.29 is 4.79 Å². The Morgan fingerprint density at radius 1 is 1.33 bits per heavy atom. The van der Waals surface area contributed by atoms with Crippen molar-refractivity contribution >= 4 is 17.7 Å². The number of piperidine rings is 1. The number of thioether (sulfide) groups is 1. The maximum atomic E-state index is 11.9. The zero-order valence-electron chi connectivity index (χ0n) is 10.7. The van der Waals surface area contributed by atoms with Gasteiger partial charge in [0, 0.05) is 32.3 Å². The van der Waals surface area contributed by atoms with Crippen molar-refractivity contribution in [2.45, 2.75) is 31.4 Å². The SMILES string of the molecule is Cn1nnnc1CSCCC(=O)N1CCCCC1. The Hall–Kier alpha value is -1.11. The second-order valence-corrected chi connectivity index (χ2v) is 5.57. The van der Waals surface area contributed by atoms with Crippen LogP contribution in [0.2, 0.25) is 0 Å². The summed E-state index contributed by atoms with van der Waals surface area (Å²) in [6.45, 7) is 1.88. The molecule has 0 radical (unpaired) electrons. The molecule has 1 fully saturated rings. The summed E-state index contributed by atoms with van der Waals surface area (Å²) in [5.41, 5.74) is 0. The molecule has 0 unspecified atom stereocenters. The van der Waals surface area contributed by atoms with E-state index in [1.165, 1.54) is 6.42 Å². The molecule has 1 aromatic heterocycles. The van der Waals surface area contributed by atoms with Crippen molar-refractivity contribution in [2.24, 2.45) is 7.05 Å². The monoisotopic (exact) mass is 269 g/mol. The molecule has 2 rings (SSSR count). The lowest BCUT2D eigenvalue weighted by Gasteiger charge is -2.26. The van der Waals surface area contributed by atoms with Crippen LogP contribution in [0.5, 0.6) is 0 Å². The van der Waals surface area contributed by atoms with Gasteiger partial charge in [0.25, 0.3) is 0 Å². The topological polar surface area (TPSA) is 63.9 Å². The van der Waals surface area contributed by atoms with Gasteiger partial charge in [-0.2, -0.15) is 11.8 Å². The largest absolute Gasteiger partial charge is 0.343 e. The predicted molar refractivity (Wildman–Crippen MR) is 70.0 cm³/mol. The molecule has 1 aliphatic rings. The maximum Gasteiger partial charge on any atom is 0.223 e. The van der Waals surface area contributed by atoms with Gasteiger partial charge in [-0.1, -0.05) is 0 Å². The lowest BCUT2D eigenvalue weighted by atomic mass is 10.1. The zero-order valence-corrected chi connectivity index (χ0v) is 11.5. The smallest absolute Gasteiger partial charge is 0.223 e. The summed E-state index contributed by atoms with van der Waals surface area (Å²) < 4.78 is 1.67. The third-order valence-electron chi connectivity index (χ3n) is 3.11. The molecular weight excluding hydrogens is 250 g/mol. The van der Waals surface area contributed by atoms with Crippen LogP contribution in [0.3, 0.4) is 0 Å². The minimum Gasteiger partial charge on any atom is -0.343 e. The van der Waals surface area contributed by atoms with E-state index >= 15 is 0 Å². The molecule has 1 saturated heterocycles. The van der Waals surface area contributed by atoms with Gasteiger partial charge in [-0.05, 0) is 29.7 Å². The van der Waals surface area contributed by atoms with Crippen LogP contribution in [0.1, 0.15) is 31.5 Å². The molecule has 1 aliphatic heterocycles. The van der Waals surface area contributed by atoms with Gasteiger partial charge >= 0.3 is 0 Å². The van der Waals surface area contributed by atoms with Crippen molar-refractivity contribution in [1.29, 1.82) is 0 Å². The quantitative estimate of drug-likeness (QED) is 0.741. The molecule has 6 nitrogen and oxygen atoms in total. The number of likely N-dealkylation sites (tertiary alicyclic amines) is 1. The highest BCUT2D eigenvalue weighted by Gasteiger charge is 2.15. The number of nitrogens with zero attached hydrogens (tertiary/aromatic N) is 5. The summed E-state index contributed by atoms with van der Waals surface area (Å²) in [7, 11) is 1.83. The zero-order chi connectivity index (χ0) is 12.8. The van der Waals surface area contributed by atoms with E-state index in [0.29, 0.717) is 12.3 Å². The third-order valence-corrected chi connectivity index (χ3v) is 4.06. The summed E-state index contributed by atoms with van der Waals surface area (Å²) in [6, 6.07) is 0. The number of aryl methyl sites for hydroxylation is 1. The summed E-state index contributed by atoms with van der Waals surface area (Å²) in [6.07, 6.45) is 4.20. The van der Waals surface area contributed by atoms with E-state index in [-0.39, 0.29) is 0 Å².